The number of sulfonamides is 1. The van der Waals surface area contributed by atoms with Gasteiger partial charge in [-0.2, -0.15) is 4.98 Å². The van der Waals surface area contributed by atoms with E-state index in [1.807, 2.05) is 19.9 Å². The Balaban J connectivity index is 1.36. The summed E-state index contributed by atoms with van der Waals surface area (Å²) in [5.74, 6) is 1.67. The molecule has 0 amide bonds. The average Bonchev–Trinajstić information content (AvgIpc) is 3.22. The standard InChI is InChI=1S/C25H34N4O5S/c1-5-32-20-13-18(14-21(15-20)33-6-2)17-29-11-9-19(10-12-29)26-25-27-23-16-22(7-8-24(23)34-25)35(30,31)28(3)4/h7-8,13-16,19H,5-6,9-12,17H2,1-4H3,(H,26,27). The van der Waals surface area contributed by atoms with E-state index in [0.29, 0.717) is 30.3 Å². The highest BCUT2D eigenvalue weighted by Crippen LogP contribution is 2.27. The predicted molar refractivity (Wildman–Crippen MR) is 136 cm³/mol. The normalized spacial score (nSPS) is 15.6. The van der Waals surface area contributed by atoms with E-state index in [-0.39, 0.29) is 10.9 Å². The van der Waals surface area contributed by atoms with Crippen molar-refractivity contribution in [3.63, 3.8) is 0 Å². The van der Waals surface area contributed by atoms with E-state index < -0.39 is 10.0 Å². The molecular weight excluding hydrogens is 468 g/mol. The number of hydrogen-bond donors (Lipinski definition) is 1. The Bertz CT molecular complexity index is 1230. The van der Waals surface area contributed by atoms with Crippen LogP contribution < -0.4 is 14.8 Å². The van der Waals surface area contributed by atoms with Gasteiger partial charge in [-0.3, -0.25) is 4.90 Å². The fourth-order valence-corrected chi connectivity index (χ4v) is 5.15. The van der Waals surface area contributed by atoms with Crippen molar-refractivity contribution in [2.75, 3.05) is 45.7 Å². The van der Waals surface area contributed by atoms with E-state index in [9.17, 15) is 8.42 Å². The molecule has 10 heteroatoms. The van der Waals surface area contributed by atoms with Gasteiger partial charge < -0.3 is 19.2 Å². The van der Waals surface area contributed by atoms with Crippen LogP contribution in [0.3, 0.4) is 0 Å². The highest BCUT2D eigenvalue weighted by Gasteiger charge is 2.22. The molecule has 1 aliphatic heterocycles. The van der Waals surface area contributed by atoms with Gasteiger partial charge in [-0.25, -0.2) is 12.7 Å². The highest BCUT2D eigenvalue weighted by atomic mass is 32.2. The summed E-state index contributed by atoms with van der Waals surface area (Å²) < 4.78 is 43.2. The van der Waals surface area contributed by atoms with E-state index >= 15 is 0 Å². The lowest BCUT2D eigenvalue weighted by Crippen LogP contribution is -2.38. The lowest BCUT2D eigenvalue weighted by molar-refractivity contribution is 0.209. The monoisotopic (exact) mass is 502 g/mol. The van der Waals surface area contributed by atoms with Crippen LogP contribution in [-0.2, 0) is 16.6 Å². The van der Waals surface area contributed by atoms with Gasteiger partial charge >= 0.3 is 0 Å². The minimum absolute atomic E-state index is 0.198. The second kappa shape index (κ2) is 10.8. The molecule has 0 aliphatic carbocycles. The van der Waals surface area contributed by atoms with Gasteiger partial charge in [-0.15, -0.1) is 0 Å². The summed E-state index contributed by atoms with van der Waals surface area (Å²) in [6, 6.07) is 11.5. The highest BCUT2D eigenvalue weighted by molar-refractivity contribution is 7.89. The van der Waals surface area contributed by atoms with Gasteiger partial charge in [0.15, 0.2) is 5.58 Å². The summed E-state index contributed by atoms with van der Waals surface area (Å²) in [4.78, 5) is 7.10. The fourth-order valence-electron chi connectivity index (χ4n) is 4.23. The zero-order chi connectivity index (χ0) is 25.0. The number of anilines is 1. The van der Waals surface area contributed by atoms with Crippen molar-refractivity contribution in [3.8, 4) is 11.5 Å². The molecule has 2 aromatic carbocycles. The van der Waals surface area contributed by atoms with Gasteiger partial charge in [-0.05, 0) is 62.6 Å². The molecule has 0 spiro atoms. The quantitative estimate of drug-likeness (QED) is 0.445. The molecule has 4 rings (SSSR count). The Kier molecular flexibility index (Phi) is 7.83. The zero-order valence-corrected chi connectivity index (χ0v) is 21.6. The number of rotatable bonds is 10. The largest absolute Gasteiger partial charge is 0.494 e. The van der Waals surface area contributed by atoms with Gasteiger partial charge in [0.25, 0.3) is 6.01 Å². The van der Waals surface area contributed by atoms with Crippen LogP contribution in [0.2, 0.25) is 0 Å². The van der Waals surface area contributed by atoms with E-state index in [4.69, 9.17) is 13.9 Å². The van der Waals surface area contributed by atoms with Crippen molar-refractivity contribution < 1.29 is 22.3 Å². The van der Waals surface area contributed by atoms with Crippen LogP contribution in [0.15, 0.2) is 45.7 Å². The van der Waals surface area contributed by atoms with Gasteiger partial charge in [0.1, 0.15) is 17.0 Å². The number of oxazole rings is 1. The number of likely N-dealkylation sites (tertiary alicyclic amines) is 1. The van der Waals surface area contributed by atoms with Crippen LogP contribution in [0.5, 0.6) is 11.5 Å². The summed E-state index contributed by atoms with van der Waals surface area (Å²) >= 11 is 0. The van der Waals surface area contributed by atoms with Crippen molar-refractivity contribution in [1.82, 2.24) is 14.2 Å². The predicted octanol–water partition coefficient (Wildman–Crippen LogP) is 3.95. The first kappa shape index (κ1) is 25.3. The van der Waals surface area contributed by atoms with Crippen LogP contribution in [0.4, 0.5) is 6.01 Å². The Morgan fingerprint density at radius 2 is 1.71 bits per heavy atom. The second-order valence-corrected chi connectivity index (χ2v) is 11.0. The number of aromatic nitrogens is 1. The van der Waals surface area contributed by atoms with E-state index in [2.05, 4.69) is 27.3 Å². The molecule has 1 N–H and O–H groups in total. The summed E-state index contributed by atoms with van der Waals surface area (Å²) in [5, 5.41) is 3.38. The van der Waals surface area contributed by atoms with Crippen molar-refractivity contribution in [2.45, 2.75) is 44.2 Å². The third-order valence-corrected chi connectivity index (χ3v) is 7.83. The number of nitrogens with one attached hydrogen (secondary N) is 1. The molecule has 0 atom stereocenters. The number of piperidine rings is 1. The van der Waals surface area contributed by atoms with E-state index in [0.717, 1.165) is 44.0 Å². The maximum absolute atomic E-state index is 12.4. The molecule has 9 nitrogen and oxygen atoms in total. The Hall–Kier alpha value is -2.82. The van der Waals surface area contributed by atoms with Crippen molar-refractivity contribution in [2.24, 2.45) is 0 Å². The average molecular weight is 503 g/mol. The maximum atomic E-state index is 12.4. The number of hydrogen-bond acceptors (Lipinski definition) is 8. The van der Waals surface area contributed by atoms with Crippen LogP contribution >= 0.6 is 0 Å². The van der Waals surface area contributed by atoms with Crippen LogP contribution in [-0.4, -0.2) is 69.0 Å². The topological polar surface area (TPSA) is 97.1 Å². The van der Waals surface area contributed by atoms with E-state index in [1.165, 1.54) is 24.0 Å². The second-order valence-electron chi connectivity index (χ2n) is 8.81. The number of benzene rings is 2. The molecule has 2 heterocycles. The molecule has 0 radical (unpaired) electrons. The summed E-state index contributed by atoms with van der Waals surface area (Å²) in [6.45, 7) is 7.90. The molecule has 0 saturated carbocycles. The maximum Gasteiger partial charge on any atom is 0.295 e. The minimum Gasteiger partial charge on any atom is -0.494 e. The molecular formula is C25H34N4O5S. The van der Waals surface area contributed by atoms with Crippen molar-refractivity contribution >= 4 is 27.1 Å². The van der Waals surface area contributed by atoms with Gasteiger partial charge in [0.2, 0.25) is 10.0 Å². The third-order valence-electron chi connectivity index (χ3n) is 6.02. The zero-order valence-electron chi connectivity index (χ0n) is 20.8. The molecule has 0 unspecified atom stereocenters. The third kappa shape index (κ3) is 6.06. The van der Waals surface area contributed by atoms with Gasteiger partial charge in [-0.1, -0.05) is 0 Å². The van der Waals surface area contributed by atoms with Crippen LogP contribution in [0.1, 0.15) is 32.3 Å². The van der Waals surface area contributed by atoms with Gasteiger partial charge in [0, 0.05) is 45.8 Å². The lowest BCUT2D eigenvalue weighted by Gasteiger charge is -2.32. The van der Waals surface area contributed by atoms with E-state index in [1.54, 1.807) is 18.2 Å². The molecule has 1 aliphatic rings. The number of nitrogens with zero attached hydrogens (tertiary/aromatic N) is 3. The van der Waals surface area contributed by atoms with Crippen LogP contribution in [0, 0.1) is 0 Å². The molecule has 1 aromatic heterocycles. The molecule has 3 aromatic rings. The first-order valence-electron chi connectivity index (χ1n) is 12.0. The smallest absolute Gasteiger partial charge is 0.295 e. The van der Waals surface area contributed by atoms with Crippen LogP contribution in [0.25, 0.3) is 11.1 Å². The summed E-state index contributed by atoms with van der Waals surface area (Å²) in [5.41, 5.74) is 2.25. The Labute approximate surface area is 207 Å². The van der Waals surface area contributed by atoms with Crippen molar-refractivity contribution in [1.29, 1.82) is 0 Å². The molecule has 190 valence electrons. The van der Waals surface area contributed by atoms with Gasteiger partial charge in [0.05, 0.1) is 18.1 Å². The van der Waals surface area contributed by atoms with Crippen molar-refractivity contribution in [3.05, 3.63) is 42.0 Å². The number of ether oxygens (including phenoxy) is 2. The molecule has 1 saturated heterocycles. The first-order valence-corrected chi connectivity index (χ1v) is 13.4. The Morgan fingerprint density at radius 3 is 2.31 bits per heavy atom. The lowest BCUT2D eigenvalue weighted by atomic mass is 10.0. The molecule has 35 heavy (non-hydrogen) atoms. The SMILES string of the molecule is CCOc1cc(CN2CCC(Nc3nc4cc(S(=O)(=O)N(C)C)ccc4o3)CC2)cc(OCC)c1. The Morgan fingerprint density at radius 1 is 1.06 bits per heavy atom. The fraction of sp³-hybridized carbons (Fsp3) is 0.480. The molecule has 0 bridgehead atoms. The summed E-state index contributed by atoms with van der Waals surface area (Å²) in [6.07, 6.45) is 1.89. The first-order chi connectivity index (χ1) is 16.8. The summed E-state index contributed by atoms with van der Waals surface area (Å²) in [7, 11) is -0.502. The minimum atomic E-state index is -3.52. The number of fused-ring (bicyclic) bond motifs is 1. The molecule has 1 fully saturated rings.